The lowest BCUT2D eigenvalue weighted by atomic mass is 9.81. The van der Waals surface area contributed by atoms with Gasteiger partial charge in [-0.1, -0.05) is 191 Å². The van der Waals surface area contributed by atoms with Gasteiger partial charge in [-0.15, -0.1) is 0 Å². The number of aromatic nitrogens is 2. The Morgan fingerprint density at radius 3 is 1.38 bits per heavy atom. The summed E-state index contributed by atoms with van der Waals surface area (Å²) in [7, 11) is 0. The molecular formula is C78H55N3O. The molecule has 15 aromatic rings. The zero-order chi connectivity index (χ0) is 54.6. The second-order valence-corrected chi connectivity index (χ2v) is 23.7. The topological polar surface area (TPSA) is 26.2 Å². The van der Waals surface area contributed by atoms with Crippen molar-refractivity contribution in [3.8, 4) is 55.9 Å². The Balaban J connectivity index is 0.780. The normalized spacial score (nSPS) is 13.8. The minimum Gasteiger partial charge on any atom is -0.455 e. The van der Waals surface area contributed by atoms with Gasteiger partial charge >= 0.3 is 0 Å². The summed E-state index contributed by atoms with van der Waals surface area (Å²) in [4.78, 5) is 2.47. The average molecular weight is 1050 g/mol. The van der Waals surface area contributed by atoms with Gasteiger partial charge in [0.1, 0.15) is 11.2 Å². The van der Waals surface area contributed by atoms with E-state index in [0.29, 0.717) is 0 Å². The molecule has 4 nitrogen and oxygen atoms in total. The van der Waals surface area contributed by atoms with Crippen LogP contribution in [0.2, 0.25) is 0 Å². The Morgan fingerprint density at radius 1 is 0.293 bits per heavy atom. The van der Waals surface area contributed by atoms with E-state index >= 15 is 0 Å². The summed E-state index contributed by atoms with van der Waals surface area (Å²) in [6.45, 7) is 9.61. The molecule has 0 spiro atoms. The highest BCUT2D eigenvalue weighted by molar-refractivity contribution is 6.12. The van der Waals surface area contributed by atoms with Crippen LogP contribution in [0.5, 0.6) is 0 Å². The smallest absolute Gasteiger partial charge is 0.143 e. The van der Waals surface area contributed by atoms with Gasteiger partial charge < -0.3 is 18.5 Å². The van der Waals surface area contributed by atoms with Gasteiger partial charge in [0.25, 0.3) is 0 Å². The van der Waals surface area contributed by atoms with Crippen molar-refractivity contribution in [2.45, 2.75) is 38.5 Å². The zero-order valence-corrected chi connectivity index (χ0v) is 46.1. The van der Waals surface area contributed by atoms with Gasteiger partial charge in [0.15, 0.2) is 0 Å². The predicted octanol–water partition coefficient (Wildman–Crippen LogP) is 21.2. The van der Waals surface area contributed by atoms with E-state index < -0.39 is 0 Å². The standard InChI is InChI=1S/C78H55N3O/c1-77(2)67-43-49(50-32-39-64-63-21-10-12-25-71(63)80(74(64)44-50)51-17-6-5-7-18-51)31-38-57(67)58-40-35-53(45-68(58)77)79(52-33-29-48(30-34-52)56-23-16-24-66-65-22-11-15-28-75(65)82-76(56)66)54-36-41-59-60-42-37-55(47-70(60)78(3,4)69(59)46-54)81-72-26-13-8-19-61(72)62-20-9-14-27-73(62)81/h5-47H,1-4H3. The molecule has 0 amide bonds. The lowest BCUT2D eigenvalue weighted by Gasteiger charge is -2.30. The fourth-order valence-corrected chi connectivity index (χ4v) is 14.5. The molecule has 0 N–H and O–H groups in total. The summed E-state index contributed by atoms with van der Waals surface area (Å²) in [5.74, 6) is 0. The number of fused-ring (bicyclic) bond motifs is 15. The van der Waals surface area contributed by atoms with E-state index in [0.717, 1.165) is 55.8 Å². The van der Waals surface area contributed by atoms with Crippen molar-refractivity contribution in [2.75, 3.05) is 4.90 Å². The van der Waals surface area contributed by atoms with Crippen molar-refractivity contribution < 1.29 is 4.42 Å². The van der Waals surface area contributed by atoms with Crippen molar-refractivity contribution in [1.29, 1.82) is 0 Å². The van der Waals surface area contributed by atoms with Crippen LogP contribution in [0, 0.1) is 0 Å². The Bertz CT molecular complexity index is 5110. The fourth-order valence-electron chi connectivity index (χ4n) is 14.5. The molecule has 0 atom stereocenters. The fraction of sp³-hybridized carbons (Fsp3) is 0.0769. The second kappa shape index (κ2) is 17.2. The first kappa shape index (κ1) is 46.7. The van der Waals surface area contributed by atoms with Crippen molar-refractivity contribution in [2.24, 2.45) is 0 Å². The van der Waals surface area contributed by atoms with Crippen molar-refractivity contribution >= 4 is 82.6 Å². The van der Waals surface area contributed by atoms with E-state index in [4.69, 9.17) is 4.42 Å². The number of anilines is 3. The van der Waals surface area contributed by atoms with Crippen LogP contribution in [-0.2, 0) is 10.8 Å². The molecule has 0 bridgehead atoms. The molecule has 4 heteroatoms. The number of rotatable bonds is 7. The molecule has 388 valence electrons. The number of benzene rings is 12. The molecule has 0 unspecified atom stereocenters. The van der Waals surface area contributed by atoms with E-state index in [1.54, 1.807) is 0 Å². The third-order valence-electron chi connectivity index (χ3n) is 18.5. The molecule has 2 aliphatic rings. The summed E-state index contributed by atoms with van der Waals surface area (Å²) in [6.07, 6.45) is 0. The predicted molar refractivity (Wildman–Crippen MR) is 343 cm³/mol. The number of hydrogen-bond acceptors (Lipinski definition) is 2. The third kappa shape index (κ3) is 6.66. The summed E-state index contributed by atoms with van der Waals surface area (Å²) in [5.41, 5.74) is 26.9. The molecule has 17 rings (SSSR count). The van der Waals surface area contributed by atoms with Gasteiger partial charge in [0.05, 0.1) is 22.1 Å². The molecule has 0 radical (unpaired) electrons. The first-order chi connectivity index (χ1) is 40.2. The van der Waals surface area contributed by atoms with Gasteiger partial charge in [-0.25, -0.2) is 0 Å². The zero-order valence-electron chi connectivity index (χ0n) is 46.1. The Hall–Kier alpha value is -10.2. The number of hydrogen-bond donors (Lipinski definition) is 0. The maximum absolute atomic E-state index is 6.57. The monoisotopic (exact) mass is 1050 g/mol. The van der Waals surface area contributed by atoms with Gasteiger partial charge in [0, 0.05) is 77.1 Å². The van der Waals surface area contributed by atoms with Crippen molar-refractivity contribution in [3.05, 3.63) is 283 Å². The molecule has 2 aliphatic carbocycles. The summed E-state index contributed by atoms with van der Waals surface area (Å²) in [6, 6.07) is 96.6. The summed E-state index contributed by atoms with van der Waals surface area (Å²) < 4.78 is 11.4. The minimum absolute atomic E-state index is 0.280. The van der Waals surface area contributed by atoms with Crippen LogP contribution in [0.15, 0.2) is 265 Å². The van der Waals surface area contributed by atoms with Gasteiger partial charge in [-0.05, 0) is 158 Å². The Labute approximate surface area is 476 Å². The average Bonchev–Trinajstić information content (AvgIpc) is 3.91. The summed E-state index contributed by atoms with van der Waals surface area (Å²) >= 11 is 0. The minimum atomic E-state index is -0.282. The van der Waals surface area contributed by atoms with E-state index in [1.807, 2.05) is 6.07 Å². The van der Waals surface area contributed by atoms with Crippen LogP contribution in [-0.4, -0.2) is 9.13 Å². The molecule has 12 aromatic carbocycles. The molecule has 0 fully saturated rings. The van der Waals surface area contributed by atoms with Crippen LogP contribution < -0.4 is 4.90 Å². The highest BCUT2D eigenvalue weighted by atomic mass is 16.3. The largest absolute Gasteiger partial charge is 0.455 e. The lowest BCUT2D eigenvalue weighted by molar-refractivity contribution is 0.659. The Morgan fingerprint density at radius 2 is 0.744 bits per heavy atom. The summed E-state index contributed by atoms with van der Waals surface area (Å²) in [5, 5.41) is 7.32. The second-order valence-electron chi connectivity index (χ2n) is 23.7. The van der Waals surface area contributed by atoms with Crippen molar-refractivity contribution in [3.63, 3.8) is 0 Å². The van der Waals surface area contributed by atoms with Crippen molar-refractivity contribution in [1.82, 2.24) is 9.13 Å². The van der Waals surface area contributed by atoms with Crippen LogP contribution >= 0.6 is 0 Å². The molecule has 82 heavy (non-hydrogen) atoms. The molecule has 3 heterocycles. The van der Waals surface area contributed by atoms with Gasteiger partial charge in [-0.3, -0.25) is 0 Å². The van der Waals surface area contributed by atoms with E-state index in [2.05, 4.69) is 297 Å². The third-order valence-corrected chi connectivity index (χ3v) is 18.5. The molecule has 3 aromatic heterocycles. The lowest BCUT2D eigenvalue weighted by Crippen LogP contribution is -2.18. The van der Waals surface area contributed by atoms with E-state index in [-0.39, 0.29) is 10.8 Å². The number of nitrogens with zero attached hydrogens (tertiary/aromatic N) is 3. The van der Waals surface area contributed by atoms with Gasteiger partial charge in [-0.2, -0.15) is 0 Å². The maximum atomic E-state index is 6.57. The van der Waals surface area contributed by atoms with E-state index in [9.17, 15) is 0 Å². The van der Waals surface area contributed by atoms with Crippen LogP contribution in [0.4, 0.5) is 17.1 Å². The first-order valence-electron chi connectivity index (χ1n) is 28.6. The first-order valence-corrected chi connectivity index (χ1v) is 28.6. The van der Waals surface area contributed by atoms with Crippen LogP contribution in [0.25, 0.3) is 121 Å². The maximum Gasteiger partial charge on any atom is 0.143 e. The highest BCUT2D eigenvalue weighted by Gasteiger charge is 2.39. The highest BCUT2D eigenvalue weighted by Crippen LogP contribution is 2.55. The van der Waals surface area contributed by atoms with Gasteiger partial charge in [0.2, 0.25) is 0 Å². The SMILES string of the molecule is CC1(C)c2cc(-c3ccc4c5ccccc5n(-c5ccccc5)c4c3)ccc2-c2ccc(N(c3ccc(-c4cccc5c4oc4ccccc45)cc3)c3ccc4c(c3)C(C)(C)c3cc(-n5c6ccccc6c6ccccc65)ccc3-4)cc21. The molecule has 0 saturated carbocycles. The quantitative estimate of drug-likeness (QED) is 0.159. The Kier molecular flexibility index (Phi) is 9.79. The number of para-hydroxylation sites is 6. The number of furan rings is 1. The molecule has 0 saturated heterocycles. The van der Waals surface area contributed by atoms with E-state index in [1.165, 1.54) is 105 Å². The molecule has 0 aliphatic heterocycles. The van der Waals surface area contributed by atoms with Crippen LogP contribution in [0.1, 0.15) is 49.9 Å². The molecular weight excluding hydrogens is 995 g/mol. The van der Waals surface area contributed by atoms with Crippen LogP contribution in [0.3, 0.4) is 0 Å².